The quantitative estimate of drug-likeness (QED) is 0.709. The number of hydrogen-bond donors (Lipinski definition) is 2. The van der Waals surface area contributed by atoms with Crippen molar-refractivity contribution in [3.05, 3.63) is 0 Å². The predicted octanol–water partition coefficient (Wildman–Crippen LogP) is 0.690. The van der Waals surface area contributed by atoms with Gasteiger partial charge in [-0.2, -0.15) is 0 Å². The number of hydrogen-bond acceptors (Lipinski definition) is 3. The van der Waals surface area contributed by atoms with Crippen LogP contribution in [0.2, 0.25) is 0 Å². The lowest BCUT2D eigenvalue weighted by atomic mass is 10.0. The molecule has 0 aliphatic carbocycles. The Bertz CT molecular complexity index is 212. The number of rotatable bonds is 5. The molecule has 0 radical (unpaired) electrons. The number of nitrogens with one attached hydrogen (secondary N) is 1. The van der Waals surface area contributed by atoms with Crippen molar-refractivity contribution in [1.29, 1.82) is 0 Å². The van der Waals surface area contributed by atoms with Crippen LogP contribution in [0.4, 0.5) is 0 Å². The lowest BCUT2D eigenvalue weighted by Crippen LogP contribution is -2.44. The van der Waals surface area contributed by atoms with Gasteiger partial charge in [0.15, 0.2) is 0 Å². The summed E-state index contributed by atoms with van der Waals surface area (Å²) in [5.41, 5.74) is -0.846. The molecular weight excluding hydrogens is 194 g/mol. The van der Waals surface area contributed by atoms with Crippen LogP contribution in [0.15, 0.2) is 0 Å². The number of carbonyl (C=O) groups excluding carboxylic acids is 1. The third kappa shape index (κ3) is 3.80. The van der Waals surface area contributed by atoms with E-state index in [2.05, 4.69) is 12.2 Å². The molecule has 4 heteroatoms. The third-order valence-electron chi connectivity index (χ3n) is 2.84. The van der Waals surface area contributed by atoms with E-state index in [1.54, 1.807) is 0 Å². The van der Waals surface area contributed by atoms with Gasteiger partial charge in [0, 0.05) is 25.5 Å². The zero-order chi connectivity index (χ0) is 11.3. The second-order valence-electron chi connectivity index (χ2n) is 4.43. The highest BCUT2D eigenvalue weighted by Crippen LogP contribution is 2.17. The van der Waals surface area contributed by atoms with Crippen LogP contribution in [-0.2, 0) is 9.53 Å². The molecule has 2 N–H and O–H groups in total. The maximum Gasteiger partial charge on any atom is 0.222 e. The highest BCUT2D eigenvalue weighted by atomic mass is 16.5. The van der Waals surface area contributed by atoms with Crippen LogP contribution in [0.5, 0.6) is 0 Å². The predicted molar refractivity (Wildman–Crippen MR) is 57.5 cm³/mol. The van der Waals surface area contributed by atoms with Crippen LogP contribution >= 0.6 is 0 Å². The van der Waals surface area contributed by atoms with Gasteiger partial charge in [0.2, 0.25) is 5.91 Å². The standard InChI is InChI=1S/C11H21NO3/c1-3-4-9(2)10(13)12-7-11(14)5-6-15-8-11/h9,14H,3-8H2,1-2H3,(H,12,13). The van der Waals surface area contributed by atoms with Gasteiger partial charge in [-0.15, -0.1) is 0 Å². The first-order chi connectivity index (χ1) is 7.07. The topological polar surface area (TPSA) is 58.6 Å². The molecule has 1 saturated heterocycles. The van der Waals surface area contributed by atoms with Crippen LogP contribution in [-0.4, -0.2) is 36.4 Å². The van der Waals surface area contributed by atoms with Gasteiger partial charge in [0.05, 0.1) is 6.61 Å². The Balaban J connectivity index is 2.26. The summed E-state index contributed by atoms with van der Waals surface area (Å²) < 4.78 is 5.10. The molecule has 1 amide bonds. The smallest absolute Gasteiger partial charge is 0.222 e. The highest BCUT2D eigenvalue weighted by Gasteiger charge is 2.32. The first kappa shape index (κ1) is 12.5. The fourth-order valence-corrected chi connectivity index (χ4v) is 1.73. The number of amides is 1. The van der Waals surface area contributed by atoms with E-state index in [1.807, 2.05) is 6.92 Å². The molecule has 88 valence electrons. The van der Waals surface area contributed by atoms with Crippen molar-refractivity contribution in [2.75, 3.05) is 19.8 Å². The van der Waals surface area contributed by atoms with E-state index in [9.17, 15) is 9.90 Å². The zero-order valence-corrected chi connectivity index (χ0v) is 9.58. The maximum absolute atomic E-state index is 11.6. The minimum Gasteiger partial charge on any atom is -0.386 e. The van der Waals surface area contributed by atoms with E-state index in [0.29, 0.717) is 26.2 Å². The molecule has 2 unspecified atom stereocenters. The van der Waals surface area contributed by atoms with Crippen LogP contribution in [0, 0.1) is 5.92 Å². The lowest BCUT2D eigenvalue weighted by molar-refractivity contribution is -0.126. The molecule has 0 aromatic heterocycles. The van der Waals surface area contributed by atoms with E-state index in [1.165, 1.54) is 0 Å². The van der Waals surface area contributed by atoms with Gasteiger partial charge >= 0.3 is 0 Å². The molecular formula is C11H21NO3. The lowest BCUT2D eigenvalue weighted by Gasteiger charge is -2.21. The SMILES string of the molecule is CCCC(C)C(=O)NCC1(O)CCOC1. The van der Waals surface area contributed by atoms with E-state index in [4.69, 9.17) is 4.74 Å². The molecule has 2 atom stereocenters. The summed E-state index contributed by atoms with van der Waals surface area (Å²) in [4.78, 5) is 11.6. The Hall–Kier alpha value is -0.610. The van der Waals surface area contributed by atoms with Gasteiger partial charge < -0.3 is 15.2 Å². The molecule has 0 aromatic carbocycles. The van der Waals surface area contributed by atoms with E-state index < -0.39 is 5.60 Å². The molecule has 0 bridgehead atoms. The summed E-state index contributed by atoms with van der Waals surface area (Å²) in [6.07, 6.45) is 2.50. The van der Waals surface area contributed by atoms with Crippen LogP contribution in [0.1, 0.15) is 33.1 Å². The maximum atomic E-state index is 11.6. The summed E-state index contributed by atoms with van der Waals surface area (Å²) in [5.74, 6) is 0.0538. The van der Waals surface area contributed by atoms with Gasteiger partial charge in [0.1, 0.15) is 5.60 Å². The van der Waals surface area contributed by atoms with Crippen molar-refractivity contribution in [3.8, 4) is 0 Å². The zero-order valence-electron chi connectivity index (χ0n) is 9.58. The van der Waals surface area contributed by atoms with Gasteiger partial charge in [0.25, 0.3) is 0 Å². The van der Waals surface area contributed by atoms with Crippen molar-refractivity contribution >= 4 is 5.91 Å². The second kappa shape index (κ2) is 5.47. The first-order valence-electron chi connectivity index (χ1n) is 5.65. The van der Waals surface area contributed by atoms with Crippen LogP contribution < -0.4 is 5.32 Å². The number of ether oxygens (including phenoxy) is 1. The molecule has 0 saturated carbocycles. The average molecular weight is 215 g/mol. The van der Waals surface area contributed by atoms with E-state index >= 15 is 0 Å². The van der Waals surface area contributed by atoms with E-state index in [-0.39, 0.29) is 11.8 Å². The monoisotopic (exact) mass is 215 g/mol. The molecule has 4 nitrogen and oxygen atoms in total. The van der Waals surface area contributed by atoms with Crippen molar-refractivity contribution in [1.82, 2.24) is 5.32 Å². The highest BCUT2D eigenvalue weighted by molar-refractivity contribution is 5.78. The van der Waals surface area contributed by atoms with Crippen molar-refractivity contribution in [2.45, 2.75) is 38.7 Å². The molecule has 1 heterocycles. The Labute approximate surface area is 91.0 Å². The van der Waals surface area contributed by atoms with Gasteiger partial charge in [-0.05, 0) is 6.42 Å². The Morgan fingerprint density at radius 1 is 1.67 bits per heavy atom. The minimum atomic E-state index is -0.846. The summed E-state index contributed by atoms with van der Waals surface area (Å²) in [7, 11) is 0. The molecule has 15 heavy (non-hydrogen) atoms. The number of carbonyl (C=O) groups is 1. The Morgan fingerprint density at radius 2 is 2.40 bits per heavy atom. The molecule has 1 rings (SSSR count). The van der Waals surface area contributed by atoms with Gasteiger partial charge in [-0.3, -0.25) is 4.79 Å². The van der Waals surface area contributed by atoms with Crippen LogP contribution in [0.25, 0.3) is 0 Å². The summed E-state index contributed by atoms with van der Waals surface area (Å²) in [6.45, 7) is 5.18. The third-order valence-corrected chi connectivity index (χ3v) is 2.84. The molecule has 0 aromatic rings. The Morgan fingerprint density at radius 3 is 2.93 bits per heavy atom. The summed E-state index contributed by atoms with van der Waals surface area (Å²) in [5, 5.41) is 12.7. The van der Waals surface area contributed by atoms with Gasteiger partial charge in [-0.25, -0.2) is 0 Å². The minimum absolute atomic E-state index is 0.0252. The Kier molecular flexibility index (Phi) is 4.54. The van der Waals surface area contributed by atoms with E-state index in [0.717, 1.165) is 12.8 Å². The normalized spacial score (nSPS) is 27.7. The summed E-state index contributed by atoms with van der Waals surface area (Å²) in [6, 6.07) is 0. The fraction of sp³-hybridized carbons (Fsp3) is 0.909. The van der Waals surface area contributed by atoms with Crippen LogP contribution in [0.3, 0.4) is 0 Å². The van der Waals surface area contributed by atoms with Crippen molar-refractivity contribution in [3.63, 3.8) is 0 Å². The molecule has 1 aliphatic rings. The van der Waals surface area contributed by atoms with Crippen molar-refractivity contribution < 1.29 is 14.6 Å². The summed E-state index contributed by atoms with van der Waals surface area (Å²) >= 11 is 0. The fourth-order valence-electron chi connectivity index (χ4n) is 1.73. The molecule has 1 aliphatic heterocycles. The average Bonchev–Trinajstić information content (AvgIpc) is 2.63. The second-order valence-corrected chi connectivity index (χ2v) is 4.43. The first-order valence-corrected chi connectivity index (χ1v) is 5.65. The largest absolute Gasteiger partial charge is 0.386 e. The number of aliphatic hydroxyl groups is 1. The van der Waals surface area contributed by atoms with Crippen molar-refractivity contribution in [2.24, 2.45) is 5.92 Å². The molecule has 1 fully saturated rings. The van der Waals surface area contributed by atoms with Gasteiger partial charge in [-0.1, -0.05) is 20.3 Å². The molecule has 0 spiro atoms.